The van der Waals surface area contributed by atoms with E-state index in [1.54, 1.807) is 18.2 Å². The Morgan fingerprint density at radius 1 is 1.19 bits per heavy atom. The van der Waals surface area contributed by atoms with Gasteiger partial charge >= 0.3 is 6.18 Å². The number of nitrogens with one attached hydrogen (secondary N) is 2. The molecule has 0 aliphatic carbocycles. The lowest BCUT2D eigenvalue weighted by atomic mass is 10.1. The Bertz CT molecular complexity index is 1460. The van der Waals surface area contributed by atoms with Crippen molar-refractivity contribution in [3.8, 4) is 5.75 Å². The highest BCUT2D eigenvalue weighted by Crippen LogP contribution is 2.35. The summed E-state index contributed by atoms with van der Waals surface area (Å²) >= 11 is 6.12. The van der Waals surface area contributed by atoms with E-state index >= 15 is 0 Å². The van der Waals surface area contributed by atoms with E-state index < -0.39 is 34.0 Å². The quantitative estimate of drug-likeness (QED) is 0.389. The lowest BCUT2D eigenvalue weighted by Gasteiger charge is -2.22. The number of halogens is 4. The van der Waals surface area contributed by atoms with Gasteiger partial charge in [0.2, 0.25) is 0 Å². The molecule has 1 saturated heterocycles. The molecule has 1 aromatic heterocycles. The SMILES string of the molecule is Cc1cc(N=S2(=O)CCC2)cc2ncnc(Nc3ccc(Cl)cc3O[C@H](C)C(=O)N[C@@H](C)C(F)(F)F)c12. The van der Waals surface area contributed by atoms with Crippen molar-refractivity contribution in [1.29, 1.82) is 0 Å². The topological polar surface area (TPSA) is 106 Å². The van der Waals surface area contributed by atoms with E-state index in [0.717, 1.165) is 18.9 Å². The van der Waals surface area contributed by atoms with E-state index in [2.05, 4.69) is 19.6 Å². The second-order valence-corrected chi connectivity index (χ2v) is 11.8. The average molecular weight is 556 g/mol. The van der Waals surface area contributed by atoms with Crippen LogP contribution in [0.15, 0.2) is 41.0 Å². The first-order valence-electron chi connectivity index (χ1n) is 11.4. The lowest BCUT2D eigenvalue weighted by molar-refractivity contribution is -0.160. The van der Waals surface area contributed by atoms with Gasteiger partial charge in [0.15, 0.2) is 6.10 Å². The molecule has 2 heterocycles. The van der Waals surface area contributed by atoms with Crippen LogP contribution in [0.5, 0.6) is 5.75 Å². The highest BCUT2D eigenvalue weighted by Gasteiger charge is 2.38. The normalized spacial score (nSPS) is 16.4. The number of carbonyl (C=O) groups excluding carboxylic acids is 1. The zero-order valence-corrected chi connectivity index (χ0v) is 21.8. The minimum absolute atomic E-state index is 0.146. The lowest BCUT2D eigenvalue weighted by Crippen LogP contribution is -2.47. The highest BCUT2D eigenvalue weighted by molar-refractivity contribution is 7.95. The molecule has 8 nitrogen and oxygen atoms in total. The first-order chi connectivity index (χ1) is 17.3. The zero-order valence-electron chi connectivity index (χ0n) is 20.2. The van der Waals surface area contributed by atoms with Gasteiger partial charge in [-0.1, -0.05) is 11.6 Å². The molecular formula is C24H25ClF3N5O3S. The molecule has 1 aliphatic heterocycles. The molecule has 1 amide bonds. The number of nitrogens with zero attached hydrogens (tertiary/aromatic N) is 3. The van der Waals surface area contributed by atoms with Gasteiger partial charge in [-0.05, 0) is 57.0 Å². The number of ether oxygens (including phenoxy) is 1. The van der Waals surface area contributed by atoms with Gasteiger partial charge in [-0.15, -0.1) is 0 Å². The van der Waals surface area contributed by atoms with Gasteiger partial charge in [-0.25, -0.2) is 14.2 Å². The molecule has 1 aliphatic rings. The van der Waals surface area contributed by atoms with Crippen molar-refractivity contribution in [1.82, 2.24) is 15.3 Å². The molecule has 0 bridgehead atoms. The predicted octanol–water partition coefficient (Wildman–Crippen LogP) is 5.67. The van der Waals surface area contributed by atoms with E-state index in [-0.39, 0.29) is 5.75 Å². The Morgan fingerprint density at radius 2 is 1.92 bits per heavy atom. The monoisotopic (exact) mass is 555 g/mol. The third kappa shape index (κ3) is 6.24. The van der Waals surface area contributed by atoms with Crippen molar-refractivity contribution < 1.29 is 26.9 Å². The van der Waals surface area contributed by atoms with Crippen LogP contribution in [0.1, 0.15) is 25.8 Å². The van der Waals surface area contributed by atoms with Crippen LogP contribution >= 0.6 is 11.6 Å². The molecule has 37 heavy (non-hydrogen) atoms. The fourth-order valence-corrected chi connectivity index (χ4v) is 5.29. The van der Waals surface area contributed by atoms with Crippen LogP contribution in [-0.2, 0) is 14.5 Å². The number of fused-ring (bicyclic) bond motifs is 1. The number of aromatic nitrogens is 2. The molecule has 0 saturated carbocycles. The van der Waals surface area contributed by atoms with E-state index in [1.807, 2.05) is 18.3 Å². The second-order valence-electron chi connectivity index (χ2n) is 8.80. The summed E-state index contributed by atoms with van der Waals surface area (Å²) < 4.78 is 61.2. The third-order valence-corrected chi connectivity index (χ3v) is 8.47. The van der Waals surface area contributed by atoms with Crippen LogP contribution in [0.25, 0.3) is 10.9 Å². The summed E-state index contributed by atoms with van der Waals surface area (Å²) in [6, 6.07) is 6.17. The summed E-state index contributed by atoms with van der Waals surface area (Å²) in [7, 11) is -2.19. The largest absolute Gasteiger partial charge is 0.479 e. The van der Waals surface area contributed by atoms with Gasteiger partial charge in [-0.2, -0.15) is 17.5 Å². The van der Waals surface area contributed by atoms with Crippen LogP contribution in [-0.4, -0.2) is 49.9 Å². The Hall–Kier alpha value is -3.12. The molecule has 198 valence electrons. The minimum atomic E-state index is -4.58. The van der Waals surface area contributed by atoms with Crippen LogP contribution in [0, 0.1) is 6.92 Å². The number of aryl methyl sites for hydroxylation is 1. The number of carbonyl (C=O) groups is 1. The molecule has 2 N–H and O–H groups in total. The van der Waals surface area contributed by atoms with Gasteiger partial charge in [0.25, 0.3) is 5.91 Å². The van der Waals surface area contributed by atoms with Gasteiger partial charge in [0.1, 0.15) is 23.9 Å². The fourth-order valence-electron chi connectivity index (χ4n) is 3.68. The van der Waals surface area contributed by atoms with Crippen molar-refractivity contribution in [3.05, 3.63) is 47.2 Å². The van der Waals surface area contributed by atoms with E-state index in [0.29, 0.717) is 44.6 Å². The Morgan fingerprint density at radius 3 is 2.57 bits per heavy atom. The van der Waals surface area contributed by atoms with Gasteiger partial charge in [0.05, 0.1) is 26.6 Å². The number of hydrogen-bond acceptors (Lipinski definition) is 7. The molecule has 0 radical (unpaired) electrons. The maximum atomic E-state index is 12.8. The van der Waals surface area contributed by atoms with Gasteiger partial charge < -0.3 is 15.4 Å². The molecule has 4 rings (SSSR count). The molecule has 2 aromatic carbocycles. The maximum Gasteiger partial charge on any atom is 0.408 e. The molecule has 0 spiro atoms. The van der Waals surface area contributed by atoms with Crippen molar-refractivity contribution >= 4 is 55.3 Å². The first kappa shape index (κ1) is 26.9. The summed E-state index contributed by atoms with van der Waals surface area (Å²) in [5, 5.41) is 6.04. The van der Waals surface area contributed by atoms with E-state index in [9.17, 15) is 22.2 Å². The van der Waals surface area contributed by atoms with Crippen molar-refractivity contribution in [2.75, 3.05) is 16.8 Å². The number of rotatable bonds is 7. The van der Waals surface area contributed by atoms with Crippen molar-refractivity contribution in [2.24, 2.45) is 4.36 Å². The third-order valence-electron chi connectivity index (χ3n) is 5.84. The standard InChI is InChI=1S/C24H25ClF3N5O3S/c1-13-9-17(33-37(35)7-4-8-37)11-19-21(13)22(30-12-29-19)32-18-6-5-16(25)10-20(18)36-14(2)23(34)31-15(3)24(26,27)28/h5-6,9-12,14-15H,4,7-8H2,1-3H3,(H,31,34)(H,29,30,32)/t14-,15+/m1/s1. The zero-order chi connectivity index (χ0) is 27.0. The summed E-state index contributed by atoms with van der Waals surface area (Å²) in [5.41, 5.74) is 2.36. The highest BCUT2D eigenvalue weighted by atomic mass is 35.5. The molecule has 3 aromatic rings. The molecule has 13 heteroatoms. The number of amides is 1. The Labute approximate surface area is 217 Å². The molecule has 2 atom stereocenters. The minimum Gasteiger partial charge on any atom is -0.479 e. The maximum absolute atomic E-state index is 12.8. The smallest absolute Gasteiger partial charge is 0.408 e. The second kappa shape index (κ2) is 10.3. The van der Waals surface area contributed by atoms with Crippen molar-refractivity contribution in [3.63, 3.8) is 0 Å². The summed E-state index contributed by atoms with van der Waals surface area (Å²) in [4.78, 5) is 21.0. The van der Waals surface area contributed by atoms with Crippen LogP contribution in [0.4, 0.5) is 30.4 Å². The molecular weight excluding hydrogens is 531 g/mol. The van der Waals surface area contributed by atoms with E-state index in [4.69, 9.17) is 16.3 Å². The fraction of sp³-hybridized carbons (Fsp3) is 0.375. The van der Waals surface area contributed by atoms with Gasteiger partial charge in [0, 0.05) is 28.0 Å². The van der Waals surface area contributed by atoms with E-state index in [1.165, 1.54) is 19.3 Å². The Balaban J connectivity index is 1.62. The van der Waals surface area contributed by atoms with Crippen LogP contribution in [0.2, 0.25) is 5.02 Å². The molecule has 1 fully saturated rings. The summed E-state index contributed by atoms with van der Waals surface area (Å²) in [5.74, 6) is 0.821. The summed E-state index contributed by atoms with van der Waals surface area (Å²) in [6.45, 7) is 4.05. The number of benzene rings is 2. The average Bonchev–Trinajstić information content (AvgIpc) is 2.79. The molecule has 0 unspecified atom stereocenters. The van der Waals surface area contributed by atoms with Crippen LogP contribution < -0.4 is 15.4 Å². The first-order valence-corrected chi connectivity index (χ1v) is 13.7. The number of hydrogen-bond donors (Lipinski definition) is 2. The summed E-state index contributed by atoms with van der Waals surface area (Å²) in [6.07, 6.45) is -3.56. The predicted molar refractivity (Wildman–Crippen MR) is 137 cm³/mol. The van der Waals surface area contributed by atoms with Crippen LogP contribution in [0.3, 0.4) is 0 Å². The van der Waals surface area contributed by atoms with Gasteiger partial charge in [-0.3, -0.25) is 4.79 Å². The number of alkyl halides is 3. The van der Waals surface area contributed by atoms with Crippen molar-refractivity contribution in [2.45, 2.75) is 45.5 Å². The number of anilines is 2. The Kier molecular flexibility index (Phi) is 7.52.